The number of hydrogen-bond donors (Lipinski definition) is 0. The van der Waals surface area contributed by atoms with Gasteiger partial charge in [-0.25, -0.2) is 0 Å². The second-order valence-electron chi connectivity index (χ2n) is 13.4. The van der Waals surface area contributed by atoms with E-state index >= 15 is 0 Å². The van der Waals surface area contributed by atoms with Gasteiger partial charge in [0.15, 0.2) is 0 Å². The zero-order valence-corrected chi connectivity index (χ0v) is 27.7. The molecule has 0 saturated heterocycles. The number of aromatic nitrogens is 3. The van der Waals surface area contributed by atoms with E-state index < -0.39 is 0 Å². The number of rotatable bonds is 4. The molecule has 0 unspecified atom stereocenters. The van der Waals surface area contributed by atoms with Gasteiger partial charge in [0.1, 0.15) is 0 Å². The minimum absolute atomic E-state index is 1.14. The molecule has 0 atom stereocenters. The van der Waals surface area contributed by atoms with E-state index in [0.717, 1.165) is 17.1 Å². The van der Waals surface area contributed by atoms with Crippen LogP contribution in [0.1, 0.15) is 0 Å². The molecular weight excluding hydrogens is 619 g/mol. The number of benzene rings is 8. The van der Waals surface area contributed by atoms with Crippen LogP contribution in [0.15, 0.2) is 188 Å². The molecule has 0 radical (unpaired) electrons. The van der Waals surface area contributed by atoms with Crippen LogP contribution in [0.2, 0.25) is 0 Å². The van der Waals surface area contributed by atoms with E-state index in [9.17, 15) is 0 Å². The monoisotopic (exact) mass is 649 g/mol. The van der Waals surface area contributed by atoms with E-state index in [2.05, 4.69) is 202 Å². The van der Waals surface area contributed by atoms with Crippen molar-refractivity contribution in [3.05, 3.63) is 188 Å². The van der Waals surface area contributed by atoms with E-state index in [1.165, 1.54) is 76.5 Å². The zero-order chi connectivity index (χ0) is 33.5. The molecule has 3 heteroatoms. The van der Waals surface area contributed by atoms with Crippen molar-refractivity contribution in [3.63, 3.8) is 0 Å². The van der Waals surface area contributed by atoms with E-state index in [1.807, 2.05) is 0 Å². The molecule has 0 N–H and O–H groups in total. The summed E-state index contributed by atoms with van der Waals surface area (Å²) in [4.78, 5) is 0. The average Bonchev–Trinajstić information content (AvgIpc) is 3.84. The fraction of sp³-hybridized carbons (Fsp3) is 0. The topological polar surface area (TPSA) is 14.8 Å². The van der Waals surface area contributed by atoms with Crippen molar-refractivity contribution in [2.45, 2.75) is 0 Å². The van der Waals surface area contributed by atoms with Crippen LogP contribution in [0.3, 0.4) is 0 Å². The summed E-state index contributed by atoms with van der Waals surface area (Å²) in [6.07, 6.45) is 0. The summed E-state index contributed by atoms with van der Waals surface area (Å²) in [5.74, 6) is 0. The van der Waals surface area contributed by atoms with Crippen LogP contribution in [0, 0.1) is 0 Å². The molecule has 0 aliphatic rings. The molecule has 11 aromatic rings. The van der Waals surface area contributed by atoms with Crippen LogP contribution < -0.4 is 0 Å². The quantitative estimate of drug-likeness (QED) is 0.180. The number of nitrogens with zero attached hydrogens (tertiary/aromatic N) is 3. The third kappa shape index (κ3) is 4.06. The Morgan fingerprint density at radius 1 is 0.255 bits per heavy atom. The predicted molar refractivity (Wildman–Crippen MR) is 215 cm³/mol. The van der Waals surface area contributed by atoms with Gasteiger partial charge in [-0.1, -0.05) is 127 Å². The first-order chi connectivity index (χ1) is 25.3. The van der Waals surface area contributed by atoms with Gasteiger partial charge in [0.05, 0.1) is 33.1 Å². The van der Waals surface area contributed by atoms with Crippen LogP contribution in [0.4, 0.5) is 0 Å². The van der Waals surface area contributed by atoms with E-state index in [-0.39, 0.29) is 0 Å². The normalized spacial score (nSPS) is 11.9. The van der Waals surface area contributed by atoms with Crippen molar-refractivity contribution >= 4 is 65.4 Å². The average molecular weight is 650 g/mol. The third-order valence-electron chi connectivity index (χ3n) is 10.6. The Hall–Kier alpha value is -6.84. The molecular formula is C48H31N3. The van der Waals surface area contributed by atoms with E-state index in [4.69, 9.17) is 0 Å². The largest absolute Gasteiger partial charge is 0.309 e. The minimum atomic E-state index is 1.14. The summed E-state index contributed by atoms with van der Waals surface area (Å²) in [6.45, 7) is 0. The van der Waals surface area contributed by atoms with Crippen molar-refractivity contribution in [2.24, 2.45) is 0 Å². The zero-order valence-electron chi connectivity index (χ0n) is 27.7. The molecule has 3 heterocycles. The summed E-state index contributed by atoms with van der Waals surface area (Å²) < 4.78 is 7.33. The maximum Gasteiger partial charge on any atom is 0.0641 e. The number of hydrogen-bond acceptors (Lipinski definition) is 0. The van der Waals surface area contributed by atoms with E-state index in [1.54, 1.807) is 0 Å². The highest BCUT2D eigenvalue weighted by Crippen LogP contribution is 2.43. The summed E-state index contributed by atoms with van der Waals surface area (Å²) in [5.41, 5.74) is 13.1. The Labute approximate surface area is 294 Å². The predicted octanol–water partition coefficient (Wildman–Crippen LogP) is 12.6. The van der Waals surface area contributed by atoms with Gasteiger partial charge in [-0.05, 0) is 71.8 Å². The lowest BCUT2D eigenvalue weighted by atomic mass is 10.1. The van der Waals surface area contributed by atoms with Crippen molar-refractivity contribution in [2.75, 3.05) is 0 Å². The SMILES string of the molecule is c1ccc(-c2ccc(-n3c4ccccc4c4ccc(-n5c6ccccc6c6ccc7c(c8ccccc8n7-c7ccccc7)c65)cc43)cc2)cc1. The van der Waals surface area contributed by atoms with Gasteiger partial charge in [0.25, 0.3) is 0 Å². The maximum absolute atomic E-state index is 2.49. The molecule has 0 saturated carbocycles. The molecule has 11 rings (SSSR count). The highest BCUT2D eigenvalue weighted by molar-refractivity contribution is 6.26. The molecule has 0 aliphatic carbocycles. The molecule has 8 aromatic carbocycles. The fourth-order valence-electron chi connectivity index (χ4n) is 8.44. The highest BCUT2D eigenvalue weighted by atomic mass is 15.0. The van der Waals surface area contributed by atoms with Gasteiger partial charge in [-0.2, -0.15) is 0 Å². The van der Waals surface area contributed by atoms with Crippen LogP contribution in [-0.2, 0) is 0 Å². The lowest BCUT2D eigenvalue weighted by Crippen LogP contribution is -1.97. The van der Waals surface area contributed by atoms with Gasteiger partial charge in [0.2, 0.25) is 0 Å². The third-order valence-corrected chi connectivity index (χ3v) is 10.6. The minimum Gasteiger partial charge on any atom is -0.309 e. The Morgan fingerprint density at radius 3 is 1.45 bits per heavy atom. The first-order valence-electron chi connectivity index (χ1n) is 17.5. The maximum atomic E-state index is 2.49. The number of fused-ring (bicyclic) bond motifs is 10. The van der Waals surface area contributed by atoms with Gasteiger partial charge >= 0.3 is 0 Å². The lowest BCUT2D eigenvalue weighted by Gasteiger charge is -2.13. The second kappa shape index (κ2) is 10.8. The second-order valence-corrected chi connectivity index (χ2v) is 13.4. The molecule has 51 heavy (non-hydrogen) atoms. The van der Waals surface area contributed by atoms with Crippen molar-refractivity contribution < 1.29 is 0 Å². The van der Waals surface area contributed by atoms with Crippen molar-refractivity contribution in [1.82, 2.24) is 13.7 Å². The Kier molecular flexibility index (Phi) is 5.96. The van der Waals surface area contributed by atoms with Crippen LogP contribution in [0.25, 0.3) is 93.6 Å². The summed E-state index contributed by atoms with van der Waals surface area (Å²) in [5, 5.41) is 7.52. The molecule has 238 valence electrons. The summed E-state index contributed by atoms with van der Waals surface area (Å²) >= 11 is 0. The summed E-state index contributed by atoms with van der Waals surface area (Å²) in [6, 6.07) is 68.4. The molecule has 3 aromatic heterocycles. The Morgan fingerprint density at radius 2 is 0.725 bits per heavy atom. The van der Waals surface area contributed by atoms with Crippen LogP contribution >= 0.6 is 0 Å². The van der Waals surface area contributed by atoms with Gasteiger partial charge in [-0.3, -0.25) is 0 Å². The first-order valence-corrected chi connectivity index (χ1v) is 17.5. The van der Waals surface area contributed by atoms with Gasteiger partial charge < -0.3 is 13.7 Å². The molecule has 0 aliphatic heterocycles. The Balaban J connectivity index is 1.22. The van der Waals surface area contributed by atoms with Crippen LogP contribution in [0.5, 0.6) is 0 Å². The lowest BCUT2D eigenvalue weighted by molar-refractivity contribution is 1.16. The smallest absolute Gasteiger partial charge is 0.0641 e. The van der Waals surface area contributed by atoms with Crippen molar-refractivity contribution in [3.8, 4) is 28.2 Å². The van der Waals surface area contributed by atoms with Gasteiger partial charge in [-0.15, -0.1) is 0 Å². The van der Waals surface area contributed by atoms with E-state index in [0.29, 0.717) is 0 Å². The molecule has 0 fully saturated rings. The molecule has 0 amide bonds. The molecule has 0 spiro atoms. The molecule has 3 nitrogen and oxygen atoms in total. The van der Waals surface area contributed by atoms with Crippen LogP contribution in [-0.4, -0.2) is 13.7 Å². The first kappa shape index (κ1) is 28.0. The molecule has 0 bridgehead atoms. The Bertz CT molecular complexity index is 3110. The van der Waals surface area contributed by atoms with Gasteiger partial charge in [0, 0.05) is 49.4 Å². The summed E-state index contributed by atoms with van der Waals surface area (Å²) in [7, 11) is 0. The highest BCUT2D eigenvalue weighted by Gasteiger charge is 2.21. The number of para-hydroxylation sites is 4. The standard InChI is InChI=1S/C48H31N3/c1-3-13-32(14-4-1)33-23-25-35(26-24-33)50-42-20-10-7-17-37(42)39-28-27-36(31-46(39)50)51-43-21-11-8-18-38(43)40-29-30-45-47(48(40)51)41-19-9-12-22-44(41)49(45)34-15-5-2-6-16-34/h1-31H. The fourth-order valence-corrected chi connectivity index (χ4v) is 8.44. The van der Waals surface area contributed by atoms with Crippen molar-refractivity contribution in [1.29, 1.82) is 0 Å².